The summed E-state index contributed by atoms with van der Waals surface area (Å²) in [5.41, 5.74) is 3.19. The second-order valence-corrected chi connectivity index (χ2v) is 6.49. The molecule has 0 atom stereocenters. The fourth-order valence-corrected chi connectivity index (χ4v) is 3.40. The first kappa shape index (κ1) is 16.0. The fourth-order valence-electron chi connectivity index (χ4n) is 2.47. The van der Waals surface area contributed by atoms with Crippen LogP contribution in [0.25, 0.3) is 10.1 Å². The van der Waals surface area contributed by atoms with Gasteiger partial charge in [-0.05, 0) is 35.9 Å². The normalized spacial score (nSPS) is 12.6. The van der Waals surface area contributed by atoms with Crippen molar-refractivity contribution < 1.29 is 19.2 Å². The van der Waals surface area contributed by atoms with Crippen LogP contribution in [0.15, 0.2) is 47.6 Å². The number of nitrogens with one attached hydrogen (secondary N) is 1. The number of ether oxygens (including phenoxy) is 2. The lowest BCUT2D eigenvalue weighted by molar-refractivity contribution is -0.384. The second-order valence-electron chi connectivity index (χ2n) is 5.40. The third-order valence-corrected chi connectivity index (χ3v) is 4.83. The van der Waals surface area contributed by atoms with Crippen LogP contribution in [0, 0.1) is 10.1 Å². The van der Waals surface area contributed by atoms with Crippen LogP contribution in [-0.2, 0) is 0 Å². The minimum absolute atomic E-state index is 0.0110. The summed E-state index contributed by atoms with van der Waals surface area (Å²) in [7, 11) is 0. The number of benzene rings is 2. The highest BCUT2D eigenvalue weighted by Gasteiger charge is 2.14. The molecule has 0 bridgehead atoms. The van der Waals surface area contributed by atoms with Gasteiger partial charge in [0.05, 0.1) is 16.0 Å². The third-order valence-electron chi connectivity index (χ3n) is 3.71. The zero-order valence-electron chi connectivity index (χ0n) is 13.2. The highest BCUT2D eigenvalue weighted by molar-refractivity contribution is 7.20. The standard InChI is InChI=1S/C17H11N3O5S/c21-17(16-7-11-6-12(20(22)23)2-4-15(11)26-16)19-18-8-10-1-3-13-14(5-10)25-9-24-13/h1-8H,9H2,(H,19,21)/b18-8-. The van der Waals surface area contributed by atoms with Gasteiger partial charge in [-0.25, -0.2) is 5.43 Å². The van der Waals surface area contributed by atoms with E-state index in [2.05, 4.69) is 10.5 Å². The Labute approximate surface area is 150 Å². The molecule has 0 aliphatic carbocycles. The molecule has 1 N–H and O–H groups in total. The van der Waals surface area contributed by atoms with Crippen LogP contribution < -0.4 is 14.9 Å². The highest BCUT2D eigenvalue weighted by atomic mass is 32.1. The van der Waals surface area contributed by atoms with E-state index in [-0.39, 0.29) is 18.4 Å². The molecule has 1 amide bonds. The Morgan fingerprint density at radius 2 is 2.04 bits per heavy atom. The number of carbonyl (C=O) groups is 1. The summed E-state index contributed by atoms with van der Waals surface area (Å²) in [6.45, 7) is 0.191. The maximum absolute atomic E-state index is 12.2. The number of amides is 1. The Bertz CT molecular complexity index is 1060. The first-order valence-electron chi connectivity index (χ1n) is 7.51. The second kappa shape index (κ2) is 6.45. The number of nitro groups is 1. The predicted octanol–water partition coefficient (Wildman–Crippen LogP) is 3.30. The third kappa shape index (κ3) is 3.07. The van der Waals surface area contributed by atoms with Crippen molar-refractivity contribution in [1.29, 1.82) is 0 Å². The number of rotatable bonds is 4. The van der Waals surface area contributed by atoms with Gasteiger partial charge < -0.3 is 9.47 Å². The number of fused-ring (bicyclic) bond motifs is 2. The molecule has 0 saturated heterocycles. The van der Waals surface area contributed by atoms with Gasteiger partial charge >= 0.3 is 0 Å². The molecule has 130 valence electrons. The summed E-state index contributed by atoms with van der Waals surface area (Å²) in [6.07, 6.45) is 1.50. The summed E-state index contributed by atoms with van der Waals surface area (Å²) < 4.78 is 11.3. The van der Waals surface area contributed by atoms with Gasteiger partial charge in [0.2, 0.25) is 6.79 Å². The monoisotopic (exact) mass is 369 g/mol. The quantitative estimate of drug-likeness (QED) is 0.432. The van der Waals surface area contributed by atoms with Crippen LogP contribution in [0.3, 0.4) is 0 Å². The van der Waals surface area contributed by atoms with Gasteiger partial charge in [-0.3, -0.25) is 14.9 Å². The number of non-ortho nitro benzene ring substituents is 1. The molecule has 26 heavy (non-hydrogen) atoms. The summed E-state index contributed by atoms with van der Waals surface area (Å²) >= 11 is 1.24. The average Bonchev–Trinajstić information content (AvgIpc) is 3.27. The minimum atomic E-state index is -0.466. The molecule has 2 aromatic carbocycles. The Morgan fingerprint density at radius 3 is 2.88 bits per heavy atom. The van der Waals surface area contributed by atoms with Crippen molar-refractivity contribution in [2.45, 2.75) is 0 Å². The largest absolute Gasteiger partial charge is 0.454 e. The molecule has 0 fully saturated rings. The molecular formula is C17H11N3O5S. The average molecular weight is 369 g/mol. The lowest BCUT2D eigenvalue weighted by Crippen LogP contribution is -2.16. The smallest absolute Gasteiger partial charge is 0.281 e. The Morgan fingerprint density at radius 1 is 1.19 bits per heavy atom. The number of hydrogen-bond donors (Lipinski definition) is 1. The molecule has 0 spiro atoms. The van der Waals surface area contributed by atoms with E-state index < -0.39 is 4.92 Å². The van der Waals surface area contributed by atoms with Crippen LogP contribution in [0.5, 0.6) is 11.5 Å². The molecule has 0 radical (unpaired) electrons. The summed E-state index contributed by atoms with van der Waals surface area (Å²) in [6, 6.07) is 11.4. The molecule has 2 heterocycles. The molecule has 1 aliphatic heterocycles. The van der Waals surface area contributed by atoms with Gasteiger partial charge in [-0.2, -0.15) is 5.10 Å². The lowest BCUT2D eigenvalue weighted by atomic mass is 10.2. The van der Waals surface area contributed by atoms with Crippen LogP contribution in [0.4, 0.5) is 5.69 Å². The molecular weight excluding hydrogens is 358 g/mol. The van der Waals surface area contributed by atoms with Crippen molar-refractivity contribution in [3.05, 3.63) is 63.0 Å². The van der Waals surface area contributed by atoms with E-state index in [1.807, 2.05) is 0 Å². The number of nitrogens with zero attached hydrogens (tertiary/aromatic N) is 2. The van der Waals surface area contributed by atoms with Crippen molar-refractivity contribution in [2.75, 3.05) is 6.79 Å². The van der Waals surface area contributed by atoms with Gasteiger partial charge in [0, 0.05) is 22.2 Å². The van der Waals surface area contributed by atoms with Crippen molar-refractivity contribution in [3.63, 3.8) is 0 Å². The number of nitro benzene ring substituents is 1. The van der Waals surface area contributed by atoms with E-state index in [1.54, 1.807) is 30.3 Å². The Balaban J connectivity index is 1.47. The van der Waals surface area contributed by atoms with Gasteiger partial charge in [0.25, 0.3) is 11.6 Å². The lowest BCUT2D eigenvalue weighted by Gasteiger charge is -1.98. The molecule has 0 saturated carbocycles. The molecule has 9 heteroatoms. The number of carbonyl (C=O) groups excluding carboxylic acids is 1. The number of hydrogen-bond acceptors (Lipinski definition) is 7. The molecule has 4 rings (SSSR count). The summed E-state index contributed by atoms with van der Waals surface area (Å²) in [5.74, 6) is 0.919. The van der Waals surface area contributed by atoms with E-state index in [9.17, 15) is 14.9 Å². The van der Waals surface area contributed by atoms with Gasteiger partial charge in [0.15, 0.2) is 11.5 Å². The van der Waals surface area contributed by atoms with Crippen molar-refractivity contribution in [1.82, 2.24) is 5.43 Å². The van der Waals surface area contributed by atoms with Crippen molar-refractivity contribution >= 4 is 39.2 Å². The molecule has 1 aliphatic rings. The van der Waals surface area contributed by atoms with E-state index in [1.165, 1.54) is 29.7 Å². The SMILES string of the molecule is O=C(N/N=C\c1ccc2c(c1)OCO2)c1cc2cc([N+](=O)[O-])ccc2s1. The molecule has 3 aromatic rings. The van der Waals surface area contributed by atoms with Gasteiger partial charge in [-0.15, -0.1) is 11.3 Å². The van der Waals surface area contributed by atoms with Crippen LogP contribution in [0.2, 0.25) is 0 Å². The summed E-state index contributed by atoms with van der Waals surface area (Å²) in [5, 5.41) is 15.4. The van der Waals surface area contributed by atoms with Crippen LogP contribution in [0.1, 0.15) is 15.2 Å². The van der Waals surface area contributed by atoms with E-state index in [0.717, 1.165) is 10.3 Å². The first-order chi connectivity index (χ1) is 12.6. The predicted molar refractivity (Wildman–Crippen MR) is 96.1 cm³/mol. The van der Waals surface area contributed by atoms with Crippen molar-refractivity contribution in [3.8, 4) is 11.5 Å². The van der Waals surface area contributed by atoms with Gasteiger partial charge in [0.1, 0.15) is 0 Å². The molecule has 8 nitrogen and oxygen atoms in total. The Kier molecular flexibility index (Phi) is 3.98. The molecule has 1 aromatic heterocycles. The van der Waals surface area contributed by atoms with Crippen LogP contribution in [-0.4, -0.2) is 23.8 Å². The van der Waals surface area contributed by atoms with Crippen LogP contribution >= 0.6 is 11.3 Å². The topological polar surface area (TPSA) is 103 Å². The van der Waals surface area contributed by atoms with Crippen molar-refractivity contribution in [2.24, 2.45) is 5.10 Å². The van der Waals surface area contributed by atoms with E-state index >= 15 is 0 Å². The highest BCUT2D eigenvalue weighted by Crippen LogP contribution is 2.32. The van der Waals surface area contributed by atoms with E-state index in [0.29, 0.717) is 21.8 Å². The minimum Gasteiger partial charge on any atom is -0.454 e. The number of hydrazone groups is 1. The number of thiophene rings is 1. The maximum Gasteiger partial charge on any atom is 0.281 e. The fraction of sp³-hybridized carbons (Fsp3) is 0.0588. The first-order valence-corrected chi connectivity index (χ1v) is 8.33. The molecule has 0 unspecified atom stereocenters. The van der Waals surface area contributed by atoms with Gasteiger partial charge in [-0.1, -0.05) is 0 Å². The zero-order chi connectivity index (χ0) is 18.1. The van der Waals surface area contributed by atoms with E-state index in [4.69, 9.17) is 9.47 Å². The zero-order valence-corrected chi connectivity index (χ0v) is 14.0. The maximum atomic E-state index is 12.2. The Hall–Kier alpha value is -3.46. The summed E-state index contributed by atoms with van der Waals surface area (Å²) in [4.78, 5) is 23.0.